The fourth-order valence-corrected chi connectivity index (χ4v) is 3.59. The Morgan fingerprint density at radius 3 is 2.62 bits per heavy atom. The molecule has 1 aliphatic heterocycles. The molecule has 0 saturated carbocycles. The van der Waals surface area contributed by atoms with Gasteiger partial charge >= 0.3 is 5.97 Å². The Morgan fingerprint density at radius 2 is 1.95 bits per heavy atom. The number of hydrogen-bond donors (Lipinski definition) is 0. The van der Waals surface area contributed by atoms with Gasteiger partial charge in [0.1, 0.15) is 11.5 Å². The Balaban J connectivity index is 2.16. The van der Waals surface area contributed by atoms with Crippen molar-refractivity contribution in [3.05, 3.63) is 29.8 Å². The van der Waals surface area contributed by atoms with Gasteiger partial charge in [-0.05, 0) is 25.0 Å². The van der Waals surface area contributed by atoms with Gasteiger partial charge in [0.15, 0.2) is 9.84 Å². The second kappa shape index (κ2) is 5.85. The molecule has 1 amide bonds. The summed E-state index contributed by atoms with van der Waals surface area (Å²) in [6, 6.07) is 7.31. The van der Waals surface area contributed by atoms with Crippen LogP contribution in [-0.4, -0.2) is 45.0 Å². The van der Waals surface area contributed by atoms with Crippen molar-refractivity contribution in [2.45, 2.75) is 19.4 Å². The topological polar surface area (TPSA) is 80.8 Å². The third kappa shape index (κ3) is 3.41. The number of carbonyl (C=O) groups excluding carboxylic acids is 2. The second-order valence-electron chi connectivity index (χ2n) is 5.05. The molecule has 0 fully saturated rings. The first-order valence-electron chi connectivity index (χ1n) is 6.51. The number of carbonyl (C=O) groups is 2. The number of anilines is 1. The lowest BCUT2D eigenvalue weighted by atomic mass is 10.1. The van der Waals surface area contributed by atoms with Crippen molar-refractivity contribution in [3.8, 4) is 0 Å². The van der Waals surface area contributed by atoms with E-state index in [4.69, 9.17) is 0 Å². The third-order valence-corrected chi connectivity index (χ3v) is 4.75. The van der Waals surface area contributed by atoms with Gasteiger partial charge in [0.2, 0.25) is 5.91 Å². The monoisotopic (exact) mass is 311 g/mol. The van der Waals surface area contributed by atoms with E-state index in [1.807, 2.05) is 19.1 Å². The van der Waals surface area contributed by atoms with Crippen molar-refractivity contribution in [1.82, 2.24) is 0 Å². The van der Waals surface area contributed by atoms with Gasteiger partial charge in [-0.3, -0.25) is 9.59 Å². The van der Waals surface area contributed by atoms with Gasteiger partial charge in [0.25, 0.3) is 0 Å². The fourth-order valence-electron chi connectivity index (χ4n) is 2.49. The Kier molecular flexibility index (Phi) is 4.32. The largest absolute Gasteiger partial charge is 0.468 e. The van der Waals surface area contributed by atoms with Crippen LogP contribution >= 0.6 is 0 Å². The summed E-state index contributed by atoms with van der Waals surface area (Å²) in [5.74, 6) is -2.85. The molecule has 2 rings (SSSR count). The van der Waals surface area contributed by atoms with E-state index in [9.17, 15) is 18.0 Å². The number of amides is 1. The molecule has 0 aliphatic carbocycles. The SMILES string of the molecule is COC(=O)CS(=O)(=O)CC(=O)N1c2ccccc2CC1C. The van der Waals surface area contributed by atoms with E-state index in [1.54, 1.807) is 12.1 Å². The van der Waals surface area contributed by atoms with Crippen LogP contribution in [0, 0.1) is 0 Å². The molecule has 0 bridgehead atoms. The molecule has 6 nitrogen and oxygen atoms in total. The molecule has 114 valence electrons. The maximum Gasteiger partial charge on any atom is 0.320 e. The first kappa shape index (κ1) is 15.5. The lowest BCUT2D eigenvalue weighted by Gasteiger charge is -2.22. The van der Waals surface area contributed by atoms with E-state index in [-0.39, 0.29) is 6.04 Å². The number of hydrogen-bond acceptors (Lipinski definition) is 5. The van der Waals surface area contributed by atoms with Crippen LogP contribution in [0.3, 0.4) is 0 Å². The third-order valence-electron chi connectivity index (χ3n) is 3.38. The summed E-state index contributed by atoms with van der Waals surface area (Å²) in [6.07, 6.45) is 0.693. The molecule has 0 N–H and O–H groups in total. The molecule has 1 atom stereocenters. The van der Waals surface area contributed by atoms with Crippen LogP contribution in [-0.2, 0) is 30.6 Å². The molecule has 1 aliphatic rings. The Morgan fingerprint density at radius 1 is 1.29 bits per heavy atom. The molecular weight excluding hydrogens is 294 g/mol. The molecule has 1 aromatic carbocycles. The van der Waals surface area contributed by atoms with E-state index in [0.29, 0.717) is 6.42 Å². The second-order valence-corrected chi connectivity index (χ2v) is 7.12. The van der Waals surface area contributed by atoms with Crippen molar-refractivity contribution in [3.63, 3.8) is 0 Å². The van der Waals surface area contributed by atoms with Gasteiger partial charge in [-0.25, -0.2) is 8.42 Å². The van der Waals surface area contributed by atoms with Gasteiger partial charge in [-0.2, -0.15) is 0 Å². The fraction of sp³-hybridized carbons (Fsp3) is 0.429. The van der Waals surface area contributed by atoms with E-state index in [2.05, 4.69) is 4.74 Å². The maximum atomic E-state index is 12.3. The number of benzene rings is 1. The zero-order chi connectivity index (χ0) is 15.6. The Bertz CT molecular complexity index is 668. The zero-order valence-corrected chi connectivity index (χ0v) is 12.7. The average Bonchev–Trinajstić information content (AvgIpc) is 2.73. The van der Waals surface area contributed by atoms with Crippen LogP contribution in [0.5, 0.6) is 0 Å². The smallest absolute Gasteiger partial charge is 0.320 e. The highest BCUT2D eigenvalue weighted by atomic mass is 32.2. The Labute approximate surface area is 123 Å². The molecule has 0 aromatic heterocycles. The predicted molar refractivity (Wildman–Crippen MR) is 77.8 cm³/mol. The standard InChI is InChI=1S/C14H17NO5S/c1-10-7-11-5-3-4-6-12(11)15(10)13(16)8-21(18,19)9-14(17)20-2/h3-6,10H,7-9H2,1-2H3. The molecular formula is C14H17NO5S. The highest BCUT2D eigenvalue weighted by Gasteiger charge is 2.33. The number of sulfone groups is 1. The maximum absolute atomic E-state index is 12.3. The van der Waals surface area contributed by atoms with Crippen LogP contribution in [0.2, 0.25) is 0 Å². The summed E-state index contributed by atoms with van der Waals surface area (Å²) < 4.78 is 28.0. The first-order chi connectivity index (χ1) is 9.84. The quantitative estimate of drug-likeness (QED) is 0.759. The molecule has 0 radical (unpaired) electrons. The van der Waals surface area contributed by atoms with E-state index in [1.165, 1.54) is 4.90 Å². The van der Waals surface area contributed by atoms with Crippen molar-refractivity contribution < 1.29 is 22.7 Å². The number of methoxy groups -OCH3 is 1. The van der Waals surface area contributed by atoms with Gasteiger partial charge in [-0.1, -0.05) is 18.2 Å². The van der Waals surface area contributed by atoms with Crippen molar-refractivity contribution in [2.75, 3.05) is 23.5 Å². The number of fused-ring (bicyclic) bond motifs is 1. The minimum Gasteiger partial charge on any atom is -0.468 e. The molecule has 1 aromatic rings. The normalized spacial score (nSPS) is 17.4. The molecule has 0 saturated heterocycles. The van der Waals surface area contributed by atoms with Crippen LogP contribution in [0.4, 0.5) is 5.69 Å². The Hall–Kier alpha value is -1.89. The van der Waals surface area contributed by atoms with E-state index >= 15 is 0 Å². The summed E-state index contributed by atoms with van der Waals surface area (Å²) in [7, 11) is -2.71. The number of rotatable bonds is 4. The summed E-state index contributed by atoms with van der Waals surface area (Å²) in [5, 5.41) is 0. The van der Waals surface area contributed by atoms with Crippen LogP contribution in [0.25, 0.3) is 0 Å². The first-order valence-corrected chi connectivity index (χ1v) is 8.33. The van der Waals surface area contributed by atoms with Gasteiger partial charge in [0, 0.05) is 11.7 Å². The van der Waals surface area contributed by atoms with Crippen molar-refractivity contribution in [2.24, 2.45) is 0 Å². The lowest BCUT2D eigenvalue weighted by molar-refractivity contribution is -0.137. The van der Waals surface area contributed by atoms with E-state index in [0.717, 1.165) is 18.4 Å². The summed E-state index contributed by atoms with van der Waals surface area (Å²) in [5.41, 5.74) is 1.76. The predicted octanol–water partition coefficient (Wildman–Crippen LogP) is 0.552. The number of nitrogens with zero attached hydrogens (tertiary/aromatic N) is 1. The molecule has 21 heavy (non-hydrogen) atoms. The minimum atomic E-state index is -3.82. The molecule has 7 heteroatoms. The van der Waals surface area contributed by atoms with Crippen LogP contribution in [0.15, 0.2) is 24.3 Å². The summed E-state index contributed by atoms with van der Waals surface area (Å²) >= 11 is 0. The summed E-state index contributed by atoms with van der Waals surface area (Å²) in [4.78, 5) is 24.9. The molecule has 1 unspecified atom stereocenters. The highest BCUT2D eigenvalue weighted by molar-refractivity contribution is 7.92. The number of ether oxygens (including phenoxy) is 1. The number of para-hydroxylation sites is 1. The lowest BCUT2D eigenvalue weighted by Crippen LogP contribution is -2.40. The summed E-state index contributed by atoms with van der Waals surface area (Å²) in [6.45, 7) is 1.87. The minimum absolute atomic E-state index is 0.0942. The van der Waals surface area contributed by atoms with Crippen LogP contribution in [0.1, 0.15) is 12.5 Å². The van der Waals surface area contributed by atoms with Crippen molar-refractivity contribution in [1.29, 1.82) is 0 Å². The molecule has 1 heterocycles. The van der Waals surface area contributed by atoms with E-state index < -0.39 is 33.2 Å². The van der Waals surface area contributed by atoms with Crippen LogP contribution < -0.4 is 4.90 Å². The van der Waals surface area contributed by atoms with Gasteiger partial charge in [0.05, 0.1) is 7.11 Å². The average molecular weight is 311 g/mol. The van der Waals surface area contributed by atoms with Gasteiger partial charge in [-0.15, -0.1) is 0 Å². The zero-order valence-electron chi connectivity index (χ0n) is 11.9. The highest BCUT2D eigenvalue weighted by Crippen LogP contribution is 2.31. The molecule has 0 spiro atoms. The number of esters is 1. The van der Waals surface area contributed by atoms with Gasteiger partial charge < -0.3 is 9.64 Å². The van der Waals surface area contributed by atoms with Crippen molar-refractivity contribution >= 4 is 27.4 Å².